The summed E-state index contributed by atoms with van der Waals surface area (Å²) in [5, 5.41) is 3.61. The molecule has 0 aliphatic carbocycles. The Morgan fingerprint density at radius 1 is 1.24 bits per heavy atom. The Hall–Kier alpha value is -0.0500. The lowest BCUT2D eigenvalue weighted by Crippen LogP contribution is -2.43. The molecule has 0 spiro atoms. The molecule has 0 bridgehead atoms. The van der Waals surface area contributed by atoms with E-state index in [4.69, 9.17) is 11.6 Å². The van der Waals surface area contributed by atoms with Crippen LogP contribution in [-0.2, 0) is 6.42 Å². The molecule has 17 heavy (non-hydrogen) atoms. The summed E-state index contributed by atoms with van der Waals surface area (Å²) in [6.07, 6.45) is 2.27. The van der Waals surface area contributed by atoms with Gasteiger partial charge >= 0.3 is 0 Å². The van der Waals surface area contributed by atoms with E-state index in [1.165, 1.54) is 11.3 Å². The minimum Gasteiger partial charge on any atom is -0.312 e. The second-order valence-electron chi connectivity index (χ2n) is 6.15. The maximum Gasteiger partial charge on any atom is 0.0931 e. The van der Waals surface area contributed by atoms with Crippen LogP contribution >= 0.6 is 22.9 Å². The standard InChI is InChI=1S/C14H24ClNS/c1-6-14(5,10-16-13(2,3)4)9-11-7-8-12(15)17-11/h7-8,16H,6,9-10H2,1-5H3. The third-order valence-electron chi connectivity index (χ3n) is 3.13. The van der Waals surface area contributed by atoms with Crippen LogP contribution in [0, 0.1) is 5.41 Å². The predicted molar refractivity (Wildman–Crippen MR) is 79.2 cm³/mol. The molecule has 1 rings (SSSR count). The maximum absolute atomic E-state index is 5.98. The van der Waals surface area contributed by atoms with Gasteiger partial charge < -0.3 is 5.32 Å². The molecular formula is C14H24ClNS. The molecule has 0 amide bonds. The molecule has 1 atom stereocenters. The summed E-state index contributed by atoms with van der Waals surface area (Å²) < 4.78 is 0.891. The second-order valence-corrected chi connectivity index (χ2v) is 7.95. The molecule has 1 aromatic rings. The van der Waals surface area contributed by atoms with E-state index >= 15 is 0 Å². The first-order chi connectivity index (χ1) is 7.74. The van der Waals surface area contributed by atoms with Gasteiger partial charge in [0.05, 0.1) is 4.34 Å². The minimum atomic E-state index is 0.184. The number of hydrogen-bond acceptors (Lipinski definition) is 2. The SMILES string of the molecule is CCC(C)(CNC(C)(C)C)Cc1ccc(Cl)s1. The van der Waals surface area contributed by atoms with Gasteiger partial charge in [-0.1, -0.05) is 25.4 Å². The van der Waals surface area contributed by atoms with Gasteiger partial charge in [-0.05, 0) is 51.2 Å². The number of rotatable bonds is 5. The van der Waals surface area contributed by atoms with Crippen LogP contribution in [0.15, 0.2) is 12.1 Å². The summed E-state index contributed by atoms with van der Waals surface area (Å²) in [6.45, 7) is 12.3. The fourth-order valence-corrected chi connectivity index (χ4v) is 2.96. The van der Waals surface area contributed by atoms with Crippen molar-refractivity contribution in [3.63, 3.8) is 0 Å². The molecule has 1 unspecified atom stereocenters. The van der Waals surface area contributed by atoms with Crippen LogP contribution in [0.4, 0.5) is 0 Å². The third-order valence-corrected chi connectivity index (χ3v) is 4.36. The molecule has 0 saturated heterocycles. The third kappa shape index (κ3) is 5.41. The van der Waals surface area contributed by atoms with Crippen LogP contribution in [0.25, 0.3) is 0 Å². The van der Waals surface area contributed by atoms with Gasteiger partial charge in [0.2, 0.25) is 0 Å². The van der Waals surface area contributed by atoms with Crippen molar-refractivity contribution in [2.75, 3.05) is 6.54 Å². The number of thiophene rings is 1. The van der Waals surface area contributed by atoms with E-state index in [1.54, 1.807) is 11.3 Å². The Balaban J connectivity index is 2.62. The first-order valence-corrected chi connectivity index (χ1v) is 7.43. The molecule has 0 fully saturated rings. The summed E-state index contributed by atoms with van der Waals surface area (Å²) in [4.78, 5) is 1.38. The molecule has 3 heteroatoms. The van der Waals surface area contributed by atoms with Crippen LogP contribution < -0.4 is 5.32 Å². The zero-order valence-electron chi connectivity index (χ0n) is 11.6. The van der Waals surface area contributed by atoms with E-state index in [-0.39, 0.29) is 5.54 Å². The molecule has 1 aromatic heterocycles. The van der Waals surface area contributed by atoms with E-state index in [9.17, 15) is 0 Å². The van der Waals surface area contributed by atoms with Crippen molar-refractivity contribution in [1.82, 2.24) is 5.32 Å². The lowest BCUT2D eigenvalue weighted by Gasteiger charge is -2.32. The molecule has 1 heterocycles. The van der Waals surface area contributed by atoms with Crippen LogP contribution in [0.5, 0.6) is 0 Å². The topological polar surface area (TPSA) is 12.0 Å². The lowest BCUT2D eigenvalue weighted by atomic mass is 9.82. The quantitative estimate of drug-likeness (QED) is 0.816. The van der Waals surface area contributed by atoms with Gasteiger partial charge in [0.1, 0.15) is 0 Å². The molecule has 0 aliphatic heterocycles. The summed E-state index contributed by atoms with van der Waals surface area (Å²) >= 11 is 7.69. The monoisotopic (exact) mass is 273 g/mol. The second kappa shape index (κ2) is 5.73. The van der Waals surface area contributed by atoms with Gasteiger partial charge in [-0.25, -0.2) is 0 Å². The molecule has 1 N–H and O–H groups in total. The van der Waals surface area contributed by atoms with Crippen molar-refractivity contribution in [3.05, 3.63) is 21.3 Å². The van der Waals surface area contributed by atoms with Crippen molar-refractivity contribution in [1.29, 1.82) is 0 Å². The highest BCUT2D eigenvalue weighted by Crippen LogP contribution is 2.31. The highest BCUT2D eigenvalue weighted by atomic mass is 35.5. The number of halogens is 1. The van der Waals surface area contributed by atoms with Crippen molar-refractivity contribution in [2.45, 2.75) is 53.0 Å². The smallest absolute Gasteiger partial charge is 0.0931 e. The Morgan fingerprint density at radius 2 is 1.88 bits per heavy atom. The summed E-state index contributed by atoms with van der Waals surface area (Å²) in [7, 11) is 0. The van der Waals surface area contributed by atoms with Crippen molar-refractivity contribution in [3.8, 4) is 0 Å². The van der Waals surface area contributed by atoms with Crippen LogP contribution in [0.2, 0.25) is 4.34 Å². The van der Waals surface area contributed by atoms with Crippen LogP contribution in [0.3, 0.4) is 0 Å². The Labute approximate surface area is 115 Å². The van der Waals surface area contributed by atoms with Crippen LogP contribution in [-0.4, -0.2) is 12.1 Å². The largest absolute Gasteiger partial charge is 0.312 e. The van der Waals surface area contributed by atoms with Gasteiger partial charge in [-0.15, -0.1) is 11.3 Å². The van der Waals surface area contributed by atoms with Gasteiger partial charge in [0.25, 0.3) is 0 Å². The van der Waals surface area contributed by atoms with Crippen LogP contribution in [0.1, 0.15) is 45.9 Å². The normalized spacial score (nSPS) is 15.9. The van der Waals surface area contributed by atoms with Gasteiger partial charge in [0, 0.05) is 17.0 Å². The number of nitrogens with one attached hydrogen (secondary N) is 1. The molecule has 98 valence electrons. The number of hydrogen-bond donors (Lipinski definition) is 1. The Bertz CT molecular complexity index is 353. The summed E-state index contributed by atoms with van der Waals surface area (Å²) in [6, 6.07) is 4.15. The maximum atomic E-state index is 5.98. The minimum absolute atomic E-state index is 0.184. The zero-order chi connectivity index (χ0) is 13.1. The van der Waals surface area contributed by atoms with E-state index in [0.717, 1.165) is 17.3 Å². The zero-order valence-corrected chi connectivity index (χ0v) is 13.1. The first kappa shape index (κ1) is 15.0. The molecule has 0 aliphatic rings. The molecule has 1 nitrogen and oxygen atoms in total. The van der Waals surface area contributed by atoms with E-state index in [1.807, 2.05) is 6.07 Å². The average molecular weight is 274 g/mol. The fraction of sp³-hybridized carbons (Fsp3) is 0.714. The Kier molecular flexibility index (Phi) is 5.06. The first-order valence-electron chi connectivity index (χ1n) is 6.23. The Morgan fingerprint density at radius 3 is 2.29 bits per heavy atom. The molecule has 0 saturated carbocycles. The van der Waals surface area contributed by atoms with E-state index in [0.29, 0.717) is 5.41 Å². The highest BCUT2D eigenvalue weighted by Gasteiger charge is 2.25. The molecule has 0 aromatic carbocycles. The van der Waals surface area contributed by atoms with Gasteiger partial charge in [-0.3, -0.25) is 0 Å². The van der Waals surface area contributed by atoms with Gasteiger partial charge in [0.15, 0.2) is 0 Å². The van der Waals surface area contributed by atoms with E-state index in [2.05, 4.69) is 46.0 Å². The summed E-state index contributed by atoms with van der Waals surface area (Å²) in [5.41, 5.74) is 0.491. The lowest BCUT2D eigenvalue weighted by molar-refractivity contribution is 0.256. The molecule has 0 radical (unpaired) electrons. The molecular weight excluding hydrogens is 250 g/mol. The average Bonchev–Trinajstić information content (AvgIpc) is 2.60. The van der Waals surface area contributed by atoms with Crippen molar-refractivity contribution < 1.29 is 0 Å². The predicted octanol–water partition coefficient (Wildman–Crippen LogP) is 4.75. The van der Waals surface area contributed by atoms with Crippen molar-refractivity contribution >= 4 is 22.9 Å². The summed E-state index contributed by atoms with van der Waals surface area (Å²) in [5.74, 6) is 0. The highest BCUT2D eigenvalue weighted by molar-refractivity contribution is 7.16. The fourth-order valence-electron chi connectivity index (χ4n) is 1.66. The van der Waals surface area contributed by atoms with E-state index < -0.39 is 0 Å². The van der Waals surface area contributed by atoms with Gasteiger partial charge in [-0.2, -0.15) is 0 Å². The van der Waals surface area contributed by atoms with Crippen molar-refractivity contribution in [2.24, 2.45) is 5.41 Å².